The smallest absolute Gasteiger partial charge is 0.344 e. The molecule has 3 rings (SSSR count). The summed E-state index contributed by atoms with van der Waals surface area (Å²) >= 11 is 1.64. The van der Waals surface area contributed by atoms with Gasteiger partial charge in [0, 0.05) is 43.3 Å². The Balaban J connectivity index is 1.80. The normalized spacial score (nSPS) is 14.8. The first kappa shape index (κ1) is 18.1. The van der Waals surface area contributed by atoms with Crippen LogP contribution < -0.4 is 9.80 Å². The zero-order valence-corrected chi connectivity index (χ0v) is 15.5. The largest absolute Gasteiger partial charge is 0.465 e. The molecular formula is C17H20N4O4S. The van der Waals surface area contributed by atoms with Gasteiger partial charge in [-0.25, -0.2) is 9.78 Å². The Morgan fingerprint density at radius 3 is 2.65 bits per heavy atom. The highest BCUT2D eigenvalue weighted by Gasteiger charge is 2.24. The molecule has 26 heavy (non-hydrogen) atoms. The van der Waals surface area contributed by atoms with Crippen LogP contribution in [0, 0.1) is 17.0 Å². The van der Waals surface area contributed by atoms with Crippen LogP contribution in [0.2, 0.25) is 0 Å². The standard InChI is InChI=1S/C17H20N4O4S/c1-12-11-26-17(18-12)20-7-3-6-19(8-9-20)13-4-5-15(21(23)24)14(10-13)16(22)25-2/h4-5,10-11H,3,6-9H2,1-2H3. The summed E-state index contributed by atoms with van der Waals surface area (Å²) < 4.78 is 4.69. The average molecular weight is 376 g/mol. The molecular weight excluding hydrogens is 356 g/mol. The molecule has 0 amide bonds. The van der Waals surface area contributed by atoms with Gasteiger partial charge in [0.05, 0.1) is 17.7 Å². The Morgan fingerprint density at radius 1 is 1.27 bits per heavy atom. The average Bonchev–Trinajstić information content (AvgIpc) is 2.92. The third-order valence-corrected chi connectivity index (χ3v) is 5.34. The van der Waals surface area contributed by atoms with Gasteiger partial charge in [0.2, 0.25) is 0 Å². The van der Waals surface area contributed by atoms with Crippen LogP contribution in [0.15, 0.2) is 23.6 Å². The first-order valence-electron chi connectivity index (χ1n) is 8.28. The summed E-state index contributed by atoms with van der Waals surface area (Å²) in [7, 11) is 1.22. The van der Waals surface area contributed by atoms with Crippen molar-refractivity contribution in [2.45, 2.75) is 13.3 Å². The molecule has 0 atom stereocenters. The molecule has 0 radical (unpaired) electrons. The summed E-state index contributed by atoms with van der Waals surface area (Å²) in [4.78, 5) is 31.4. The van der Waals surface area contributed by atoms with Crippen molar-refractivity contribution in [2.24, 2.45) is 0 Å². The van der Waals surface area contributed by atoms with E-state index < -0.39 is 10.9 Å². The van der Waals surface area contributed by atoms with Crippen molar-refractivity contribution >= 4 is 33.8 Å². The van der Waals surface area contributed by atoms with E-state index in [9.17, 15) is 14.9 Å². The molecule has 2 aromatic rings. The van der Waals surface area contributed by atoms with E-state index in [4.69, 9.17) is 4.74 Å². The van der Waals surface area contributed by atoms with Gasteiger partial charge in [-0.05, 0) is 25.5 Å². The van der Waals surface area contributed by atoms with Crippen LogP contribution in [0.5, 0.6) is 0 Å². The minimum absolute atomic E-state index is 0.0216. The van der Waals surface area contributed by atoms with Crippen LogP contribution in [0.3, 0.4) is 0 Å². The topological polar surface area (TPSA) is 88.8 Å². The summed E-state index contributed by atoms with van der Waals surface area (Å²) in [6, 6.07) is 4.61. The number of aryl methyl sites for hydroxylation is 1. The number of nitrogens with zero attached hydrogens (tertiary/aromatic N) is 4. The van der Waals surface area contributed by atoms with Gasteiger partial charge in [-0.3, -0.25) is 10.1 Å². The number of carbonyl (C=O) groups excluding carboxylic acids is 1. The highest BCUT2D eigenvalue weighted by atomic mass is 32.1. The first-order chi connectivity index (χ1) is 12.5. The number of benzene rings is 1. The number of nitro groups is 1. The van der Waals surface area contributed by atoms with Crippen molar-refractivity contribution in [3.05, 3.63) is 45.0 Å². The molecule has 1 aromatic heterocycles. The molecule has 0 aliphatic carbocycles. The third-order valence-electron chi connectivity index (χ3n) is 4.32. The zero-order valence-electron chi connectivity index (χ0n) is 14.7. The first-order valence-corrected chi connectivity index (χ1v) is 9.16. The number of thiazole rings is 1. The number of anilines is 2. The fourth-order valence-electron chi connectivity index (χ4n) is 3.01. The maximum absolute atomic E-state index is 11.9. The number of esters is 1. The van der Waals surface area contributed by atoms with E-state index in [0.717, 1.165) is 49.1 Å². The number of methoxy groups -OCH3 is 1. The van der Waals surface area contributed by atoms with Crippen molar-refractivity contribution < 1.29 is 14.5 Å². The number of aromatic nitrogens is 1. The predicted octanol–water partition coefficient (Wildman–Crippen LogP) is 2.86. The van der Waals surface area contributed by atoms with Crippen molar-refractivity contribution in [1.29, 1.82) is 0 Å². The molecule has 0 unspecified atom stereocenters. The summed E-state index contributed by atoms with van der Waals surface area (Å²) in [5, 5.41) is 14.2. The molecule has 138 valence electrons. The lowest BCUT2D eigenvalue weighted by atomic mass is 10.1. The predicted molar refractivity (Wildman–Crippen MR) is 100 cm³/mol. The van der Waals surface area contributed by atoms with Crippen LogP contribution in [-0.4, -0.2) is 49.2 Å². The second-order valence-electron chi connectivity index (χ2n) is 6.05. The van der Waals surface area contributed by atoms with Gasteiger partial charge in [0.1, 0.15) is 5.56 Å². The second-order valence-corrected chi connectivity index (χ2v) is 6.89. The van der Waals surface area contributed by atoms with E-state index in [1.165, 1.54) is 13.2 Å². The number of nitro benzene ring substituents is 1. The molecule has 2 heterocycles. The molecule has 0 N–H and O–H groups in total. The summed E-state index contributed by atoms with van der Waals surface area (Å²) in [6.07, 6.45) is 0.934. The Labute approximate surface area is 155 Å². The summed E-state index contributed by atoms with van der Waals surface area (Å²) in [6.45, 7) is 5.24. The van der Waals surface area contributed by atoms with E-state index in [0.29, 0.717) is 0 Å². The Hall–Kier alpha value is -2.68. The lowest BCUT2D eigenvalue weighted by Gasteiger charge is -2.23. The second kappa shape index (κ2) is 7.69. The summed E-state index contributed by atoms with van der Waals surface area (Å²) in [5.74, 6) is -0.701. The minimum atomic E-state index is -0.701. The van der Waals surface area contributed by atoms with Crippen molar-refractivity contribution in [3.63, 3.8) is 0 Å². The van der Waals surface area contributed by atoms with E-state index >= 15 is 0 Å². The highest BCUT2D eigenvalue weighted by molar-refractivity contribution is 7.13. The van der Waals surface area contributed by atoms with E-state index in [2.05, 4.69) is 14.8 Å². The zero-order chi connectivity index (χ0) is 18.7. The quantitative estimate of drug-likeness (QED) is 0.460. The van der Waals surface area contributed by atoms with Crippen molar-refractivity contribution in [2.75, 3.05) is 43.1 Å². The van der Waals surface area contributed by atoms with Crippen LogP contribution in [0.1, 0.15) is 22.5 Å². The van der Waals surface area contributed by atoms with Crippen molar-refractivity contribution in [1.82, 2.24) is 4.98 Å². The van der Waals surface area contributed by atoms with Crippen LogP contribution >= 0.6 is 11.3 Å². The van der Waals surface area contributed by atoms with Gasteiger partial charge in [-0.1, -0.05) is 0 Å². The minimum Gasteiger partial charge on any atom is -0.465 e. The Morgan fingerprint density at radius 2 is 2.00 bits per heavy atom. The molecule has 0 saturated carbocycles. The lowest BCUT2D eigenvalue weighted by molar-refractivity contribution is -0.385. The van der Waals surface area contributed by atoms with Gasteiger partial charge in [-0.15, -0.1) is 11.3 Å². The van der Waals surface area contributed by atoms with Crippen LogP contribution in [0.4, 0.5) is 16.5 Å². The molecule has 0 bridgehead atoms. The van der Waals surface area contributed by atoms with Gasteiger partial charge >= 0.3 is 5.97 Å². The number of hydrogen-bond acceptors (Lipinski definition) is 8. The monoisotopic (exact) mass is 376 g/mol. The molecule has 1 aliphatic rings. The number of ether oxygens (including phenoxy) is 1. The fraction of sp³-hybridized carbons (Fsp3) is 0.412. The molecule has 9 heteroatoms. The molecule has 1 aromatic carbocycles. The SMILES string of the molecule is COC(=O)c1cc(N2CCCN(c3nc(C)cs3)CC2)ccc1[N+](=O)[O-]. The fourth-order valence-corrected chi connectivity index (χ4v) is 3.86. The van der Waals surface area contributed by atoms with Crippen LogP contribution in [-0.2, 0) is 4.74 Å². The lowest BCUT2D eigenvalue weighted by Crippen LogP contribution is -2.30. The van der Waals surface area contributed by atoms with Gasteiger partial charge in [0.25, 0.3) is 5.69 Å². The van der Waals surface area contributed by atoms with Gasteiger partial charge < -0.3 is 14.5 Å². The van der Waals surface area contributed by atoms with Gasteiger partial charge in [0.15, 0.2) is 5.13 Å². The molecule has 1 aliphatic heterocycles. The van der Waals surface area contributed by atoms with E-state index in [1.807, 2.05) is 12.3 Å². The number of hydrogen-bond donors (Lipinski definition) is 0. The number of rotatable bonds is 4. The molecule has 8 nitrogen and oxygen atoms in total. The molecule has 1 saturated heterocycles. The summed E-state index contributed by atoms with van der Waals surface area (Å²) in [5.41, 5.74) is 1.54. The Kier molecular flexibility index (Phi) is 5.36. The maximum atomic E-state index is 11.9. The van der Waals surface area contributed by atoms with Crippen LogP contribution in [0.25, 0.3) is 0 Å². The number of carbonyl (C=O) groups is 1. The third kappa shape index (κ3) is 3.77. The molecule has 1 fully saturated rings. The van der Waals surface area contributed by atoms with Gasteiger partial charge in [-0.2, -0.15) is 0 Å². The Bertz CT molecular complexity index is 823. The highest BCUT2D eigenvalue weighted by Crippen LogP contribution is 2.28. The maximum Gasteiger partial charge on any atom is 0.344 e. The van der Waals surface area contributed by atoms with Crippen molar-refractivity contribution in [3.8, 4) is 0 Å². The van der Waals surface area contributed by atoms with E-state index in [-0.39, 0.29) is 11.3 Å². The molecule has 0 spiro atoms. The van der Waals surface area contributed by atoms with E-state index in [1.54, 1.807) is 23.5 Å².